The van der Waals surface area contributed by atoms with Gasteiger partial charge in [0.25, 0.3) is 0 Å². The molecule has 1 aliphatic rings. The lowest BCUT2D eigenvalue weighted by Crippen LogP contribution is -2.31. The van der Waals surface area contributed by atoms with Gasteiger partial charge in [0, 0.05) is 22.2 Å². The van der Waals surface area contributed by atoms with Crippen LogP contribution in [-0.2, 0) is 9.47 Å². The Bertz CT molecular complexity index is 560. The first-order valence-corrected chi connectivity index (χ1v) is 7.89. The zero-order chi connectivity index (χ0) is 14.2. The van der Waals surface area contributed by atoms with Crippen molar-refractivity contribution in [3.8, 4) is 0 Å². The van der Waals surface area contributed by atoms with E-state index in [2.05, 4.69) is 42.6 Å². The maximum absolute atomic E-state index is 5.81. The van der Waals surface area contributed by atoms with Gasteiger partial charge in [0.15, 0.2) is 5.79 Å². The minimum Gasteiger partial charge on any atom is -0.348 e. The van der Waals surface area contributed by atoms with Gasteiger partial charge in [-0.15, -0.1) is 11.3 Å². The maximum Gasteiger partial charge on any atom is 0.163 e. The van der Waals surface area contributed by atoms with Gasteiger partial charge in [-0.05, 0) is 38.3 Å². The predicted octanol–water partition coefficient (Wildman–Crippen LogP) is 3.70. The van der Waals surface area contributed by atoms with Gasteiger partial charge in [-0.2, -0.15) is 0 Å². The second-order valence-electron chi connectivity index (χ2n) is 5.77. The average Bonchev–Trinajstić information content (AvgIpc) is 2.99. The summed E-state index contributed by atoms with van der Waals surface area (Å²) in [5.41, 5.74) is 0. The number of nitrogens with one attached hydrogen (secondary N) is 1. The van der Waals surface area contributed by atoms with Crippen LogP contribution in [0.5, 0.6) is 0 Å². The maximum atomic E-state index is 5.81. The van der Waals surface area contributed by atoms with E-state index in [0.717, 1.165) is 6.54 Å². The van der Waals surface area contributed by atoms with Crippen LogP contribution >= 0.6 is 11.3 Å². The molecule has 1 aromatic heterocycles. The quantitative estimate of drug-likeness (QED) is 0.931. The second kappa shape index (κ2) is 5.45. The van der Waals surface area contributed by atoms with Gasteiger partial charge < -0.3 is 14.8 Å². The molecule has 1 aromatic carbocycles. The summed E-state index contributed by atoms with van der Waals surface area (Å²) in [4.78, 5) is 1.37. The third-order valence-electron chi connectivity index (χ3n) is 3.59. The lowest BCUT2D eigenvalue weighted by atomic mass is 10.2. The van der Waals surface area contributed by atoms with E-state index in [1.165, 1.54) is 15.0 Å². The molecule has 2 heterocycles. The van der Waals surface area contributed by atoms with Crippen molar-refractivity contribution < 1.29 is 9.47 Å². The summed E-state index contributed by atoms with van der Waals surface area (Å²) in [6.45, 7) is 7.61. The highest BCUT2D eigenvalue weighted by molar-refractivity contribution is 7.19. The number of fused-ring (bicyclic) bond motifs is 1. The summed E-state index contributed by atoms with van der Waals surface area (Å²) in [6, 6.07) is 11.1. The lowest BCUT2D eigenvalue weighted by molar-refractivity contribution is -0.137. The Morgan fingerprint density at radius 2 is 2.20 bits per heavy atom. The number of benzene rings is 1. The predicted molar refractivity (Wildman–Crippen MR) is 83.1 cm³/mol. The van der Waals surface area contributed by atoms with Crippen LogP contribution in [-0.4, -0.2) is 25.0 Å². The van der Waals surface area contributed by atoms with Gasteiger partial charge in [-0.1, -0.05) is 18.2 Å². The van der Waals surface area contributed by atoms with E-state index in [0.29, 0.717) is 12.6 Å². The molecule has 1 fully saturated rings. The Kier molecular flexibility index (Phi) is 3.82. The second-order valence-corrected chi connectivity index (χ2v) is 6.88. The van der Waals surface area contributed by atoms with E-state index in [1.54, 1.807) is 0 Å². The smallest absolute Gasteiger partial charge is 0.163 e. The third kappa shape index (κ3) is 3.04. The van der Waals surface area contributed by atoms with Crippen molar-refractivity contribution in [3.05, 3.63) is 35.2 Å². The van der Waals surface area contributed by atoms with Crippen molar-refractivity contribution in [1.82, 2.24) is 5.32 Å². The SMILES string of the molecule is CC(NCC1COC(C)(C)O1)c1cc2ccccc2s1. The molecule has 0 spiro atoms. The molecule has 2 unspecified atom stereocenters. The first-order chi connectivity index (χ1) is 9.53. The molecule has 1 N–H and O–H groups in total. The van der Waals surface area contributed by atoms with Crippen molar-refractivity contribution in [2.24, 2.45) is 0 Å². The molecule has 4 heteroatoms. The standard InChI is InChI=1S/C16H21NO2S/c1-11(17-9-13-10-18-16(2,3)19-13)15-8-12-6-4-5-7-14(12)20-15/h4-8,11,13,17H,9-10H2,1-3H3. The first kappa shape index (κ1) is 14.0. The Morgan fingerprint density at radius 3 is 2.90 bits per heavy atom. The van der Waals surface area contributed by atoms with Crippen molar-refractivity contribution in [2.75, 3.05) is 13.2 Å². The van der Waals surface area contributed by atoms with Gasteiger partial charge in [-0.25, -0.2) is 0 Å². The Morgan fingerprint density at radius 1 is 1.40 bits per heavy atom. The van der Waals surface area contributed by atoms with Crippen LogP contribution < -0.4 is 5.32 Å². The topological polar surface area (TPSA) is 30.5 Å². The molecular formula is C16H21NO2S. The van der Waals surface area contributed by atoms with Crippen LogP contribution in [0.4, 0.5) is 0 Å². The molecule has 2 aromatic rings. The van der Waals surface area contributed by atoms with E-state index in [-0.39, 0.29) is 6.10 Å². The van der Waals surface area contributed by atoms with Gasteiger partial charge in [-0.3, -0.25) is 0 Å². The van der Waals surface area contributed by atoms with E-state index >= 15 is 0 Å². The summed E-state index contributed by atoms with van der Waals surface area (Å²) in [6.07, 6.45) is 0.141. The van der Waals surface area contributed by atoms with Gasteiger partial charge in [0.2, 0.25) is 0 Å². The van der Waals surface area contributed by atoms with E-state index < -0.39 is 5.79 Å². The minimum absolute atomic E-state index is 0.141. The third-order valence-corrected chi connectivity index (χ3v) is 4.89. The molecule has 0 amide bonds. The average molecular weight is 291 g/mol. The largest absolute Gasteiger partial charge is 0.348 e. The molecule has 3 nitrogen and oxygen atoms in total. The summed E-state index contributed by atoms with van der Waals surface area (Å²) in [7, 11) is 0. The van der Waals surface area contributed by atoms with Crippen LogP contribution in [0.15, 0.2) is 30.3 Å². The summed E-state index contributed by atoms with van der Waals surface area (Å²) in [5, 5.41) is 4.87. The fraction of sp³-hybridized carbons (Fsp3) is 0.500. The van der Waals surface area contributed by atoms with Gasteiger partial charge in [0.05, 0.1) is 12.7 Å². The number of hydrogen-bond acceptors (Lipinski definition) is 4. The highest BCUT2D eigenvalue weighted by atomic mass is 32.1. The zero-order valence-corrected chi connectivity index (χ0v) is 13.0. The van der Waals surface area contributed by atoms with E-state index in [1.807, 2.05) is 25.2 Å². The van der Waals surface area contributed by atoms with Crippen LogP contribution in [0.3, 0.4) is 0 Å². The van der Waals surface area contributed by atoms with Gasteiger partial charge in [0.1, 0.15) is 0 Å². The fourth-order valence-corrected chi connectivity index (χ4v) is 3.58. The highest BCUT2D eigenvalue weighted by Gasteiger charge is 2.32. The molecule has 3 rings (SSSR count). The molecule has 20 heavy (non-hydrogen) atoms. The molecule has 1 saturated heterocycles. The van der Waals surface area contributed by atoms with Crippen molar-refractivity contribution in [3.63, 3.8) is 0 Å². The number of thiophene rings is 1. The zero-order valence-electron chi connectivity index (χ0n) is 12.2. The summed E-state index contributed by atoms with van der Waals surface area (Å²) in [5.74, 6) is -0.437. The van der Waals surface area contributed by atoms with Crippen LogP contribution in [0.25, 0.3) is 10.1 Å². The van der Waals surface area contributed by atoms with Crippen molar-refractivity contribution >= 4 is 21.4 Å². The Balaban J connectivity index is 1.60. The molecule has 108 valence electrons. The fourth-order valence-electron chi connectivity index (χ4n) is 2.49. The van der Waals surface area contributed by atoms with Crippen LogP contribution in [0.1, 0.15) is 31.7 Å². The number of hydrogen-bond donors (Lipinski definition) is 1. The Labute approximate surface area is 123 Å². The molecule has 0 bridgehead atoms. The summed E-state index contributed by atoms with van der Waals surface area (Å²) < 4.78 is 12.7. The van der Waals surface area contributed by atoms with E-state index in [9.17, 15) is 0 Å². The molecule has 0 saturated carbocycles. The lowest BCUT2D eigenvalue weighted by Gasteiger charge is -2.18. The monoisotopic (exact) mass is 291 g/mol. The summed E-state index contributed by atoms with van der Waals surface area (Å²) >= 11 is 1.85. The van der Waals surface area contributed by atoms with Gasteiger partial charge >= 0.3 is 0 Å². The number of ether oxygens (including phenoxy) is 2. The van der Waals surface area contributed by atoms with Crippen molar-refractivity contribution in [2.45, 2.75) is 38.7 Å². The Hall–Kier alpha value is -0.940. The molecule has 1 aliphatic heterocycles. The normalized spacial score (nSPS) is 23.2. The molecule has 2 atom stereocenters. The number of rotatable bonds is 4. The molecular weight excluding hydrogens is 270 g/mol. The van der Waals surface area contributed by atoms with Crippen molar-refractivity contribution in [1.29, 1.82) is 0 Å². The molecule has 0 radical (unpaired) electrons. The van der Waals surface area contributed by atoms with E-state index in [4.69, 9.17) is 9.47 Å². The molecule has 0 aliphatic carbocycles. The van der Waals surface area contributed by atoms with Crippen LogP contribution in [0.2, 0.25) is 0 Å². The first-order valence-electron chi connectivity index (χ1n) is 7.07. The minimum atomic E-state index is -0.437. The van der Waals surface area contributed by atoms with Crippen LogP contribution in [0, 0.1) is 0 Å². The highest BCUT2D eigenvalue weighted by Crippen LogP contribution is 2.30.